The highest BCUT2D eigenvalue weighted by atomic mass is 32.2. The second-order valence-electron chi connectivity index (χ2n) is 3.93. The Bertz CT molecular complexity index is 578. The van der Waals surface area contributed by atoms with Gasteiger partial charge in [-0.2, -0.15) is 0 Å². The minimum Gasteiger partial charge on any atom is -0.549 e. The number of nitrogens with one attached hydrogen (secondary N) is 1. The summed E-state index contributed by atoms with van der Waals surface area (Å²) in [6.45, 7) is 4.03. The molecule has 2 rings (SSSR count). The van der Waals surface area contributed by atoms with Gasteiger partial charge in [-0.05, 0) is 25.0 Å². The fraction of sp³-hybridized carbons (Fsp3) is 0.250. The molecule has 0 aliphatic carbocycles. The number of aliphatic carboxylic acids is 1. The first-order valence-corrected chi connectivity index (χ1v) is 7.36. The first-order valence-electron chi connectivity index (χ1n) is 5.55. The van der Waals surface area contributed by atoms with E-state index >= 15 is 0 Å². The Balaban J connectivity index is 2.09. The summed E-state index contributed by atoms with van der Waals surface area (Å²) in [4.78, 5) is 10.4. The zero-order valence-corrected chi connectivity index (χ0v) is 12.1. The minimum atomic E-state index is -1.11. The van der Waals surface area contributed by atoms with Gasteiger partial charge in [0.25, 0.3) is 0 Å². The van der Waals surface area contributed by atoms with Gasteiger partial charge in [-0.15, -0.1) is 10.2 Å². The number of carboxylic acid groups (broad SMARTS) is 1. The largest absolute Gasteiger partial charge is 0.549 e. The molecule has 1 heterocycles. The zero-order valence-electron chi connectivity index (χ0n) is 10.5. The van der Waals surface area contributed by atoms with Crippen LogP contribution in [0.5, 0.6) is 0 Å². The van der Waals surface area contributed by atoms with E-state index in [1.165, 1.54) is 11.3 Å². The van der Waals surface area contributed by atoms with Crippen LogP contribution in [0.2, 0.25) is 0 Å². The van der Waals surface area contributed by atoms with E-state index in [1.54, 1.807) is 0 Å². The van der Waals surface area contributed by atoms with Crippen molar-refractivity contribution in [3.63, 3.8) is 0 Å². The van der Waals surface area contributed by atoms with Gasteiger partial charge in [-0.1, -0.05) is 41.3 Å². The van der Waals surface area contributed by atoms with Gasteiger partial charge >= 0.3 is 0 Å². The Hall–Kier alpha value is -1.60. The fourth-order valence-corrected chi connectivity index (χ4v) is 3.03. The van der Waals surface area contributed by atoms with Crippen LogP contribution in [0, 0.1) is 13.8 Å². The van der Waals surface area contributed by atoms with Crippen molar-refractivity contribution in [1.82, 2.24) is 10.2 Å². The molecular weight excluding hydrogens is 282 g/mol. The Kier molecular flexibility index (Phi) is 4.39. The molecule has 0 atom stereocenters. The molecule has 1 aromatic heterocycles. The summed E-state index contributed by atoms with van der Waals surface area (Å²) < 4.78 is 0.609. The SMILES string of the molecule is Cc1cccc(C)c1Nc1nnc(SCC(=O)[O-])s1. The lowest BCUT2D eigenvalue weighted by atomic mass is 10.1. The summed E-state index contributed by atoms with van der Waals surface area (Å²) in [5.41, 5.74) is 3.26. The van der Waals surface area contributed by atoms with Crippen molar-refractivity contribution in [2.24, 2.45) is 0 Å². The molecule has 1 aromatic carbocycles. The lowest BCUT2D eigenvalue weighted by molar-refractivity contribution is -0.301. The van der Waals surface area contributed by atoms with Crippen molar-refractivity contribution in [3.8, 4) is 0 Å². The monoisotopic (exact) mass is 294 g/mol. The van der Waals surface area contributed by atoms with Crippen molar-refractivity contribution in [3.05, 3.63) is 29.3 Å². The summed E-state index contributed by atoms with van der Waals surface area (Å²) in [7, 11) is 0. The first kappa shape index (κ1) is 13.8. The third-order valence-corrected chi connectivity index (χ3v) is 4.38. The van der Waals surface area contributed by atoms with Crippen LogP contribution < -0.4 is 10.4 Å². The fourth-order valence-electron chi connectivity index (χ4n) is 1.56. The molecule has 0 aliphatic rings. The van der Waals surface area contributed by atoms with Gasteiger partial charge in [0.1, 0.15) is 0 Å². The molecule has 1 N–H and O–H groups in total. The molecule has 0 bridgehead atoms. The number of thioether (sulfide) groups is 1. The van der Waals surface area contributed by atoms with E-state index in [0.29, 0.717) is 9.47 Å². The average molecular weight is 294 g/mol. The Morgan fingerprint density at radius 1 is 1.37 bits per heavy atom. The molecule has 2 aromatic rings. The molecule has 0 fully saturated rings. The molecule has 0 saturated heterocycles. The molecule has 0 saturated carbocycles. The van der Waals surface area contributed by atoms with Crippen LogP contribution in [0.3, 0.4) is 0 Å². The number of aryl methyl sites for hydroxylation is 2. The van der Waals surface area contributed by atoms with Crippen molar-refractivity contribution in [1.29, 1.82) is 0 Å². The molecule has 0 radical (unpaired) electrons. The van der Waals surface area contributed by atoms with Crippen LogP contribution in [0.15, 0.2) is 22.5 Å². The smallest absolute Gasteiger partial charge is 0.210 e. The Morgan fingerprint density at radius 3 is 2.68 bits per heavy atom. The predicted molar refractivity (Wildman–Crippen MR) is 74.8 cm³/mol. The second-order valence-corrected chi connectivity index (χ2v) is 6.13. The van der Waals surface area contributed by atoms with Gasteiger partial charge in [-0.3, -0.25) is 0 Å². The van der Waals surface area contributed by atoms with E-state index in [-0.39, 0.29) is 5.75 Å². The van der Waals surface area contributed by atoms with E-state index in [4.69, 9.17) is 0 Å². The summed E-state index contributed by atoms with van der Waals surface area (Å²) in [6, 6.07) is 6.03. The molecule has 0 amide bonds. The van der Waals surface area contributed by atoms with Crippen LogP contribution in [0.4, 0.5) is 10.8 Å². The van der Waals surface area contributed by atoms with E-state index in [0.717, 1.165) is 28.6 Å². The molecule has 100 valence electrons. The number of hydrogen-bond donors (Lipinski definition) is 1. The number of carboxylic acids is 1. The lowest BCUT2D eigenvalue weighted by Crippen LogP contribution is -2.24. The molecule has 0 spiro atoms. The van der Waals surface area contributed by atoms with E-state index < -0.39 is 5.97 Å². The normalized spacial score (nSPS) is 10.4. The molecular formula is C12H12N3O2S2-. The number of rotatable bonds is 5. The van der Waals surface area contributed by atoms with Crippen molar-refractivity contribution < 1.29 is 9.90 Å². The van der Waals surface area contributed by atoms with Crippen LogP contribution in [-0.4, -0.2) is 21.9 Å². The number of carbonyl (C=O) groups is 1. The second kappa shape index (κ2) is 6.03. The average Bonchev–Trinajstić information content (AvgIpc) is 2.79. The molecule has 0 aliphatic heterocycles. The molecule has 19 heavy (non-hydrogen) atoms. The van der Waals surface area contributed by atoms with Crippen LogP contribution in [0.1, 0.15) is 11.1 Å². The summed E-state index contributed by atoms with van der Waals surface area (Å²) in [5.74, 6) is -1.22. The highest BCUT2D eigenvalue weighted by Crippen LogP contribution is 2.29. The van der Waals surface area contributed by atoms with Gasteiger partial charge in [-0.25, -0.2) is 0 Å². The number of benzene rings is 1. The van der Waals surface area contributed by atoms with E-state index in [2.05, 4.69) is 15.5 Å². The van der Waals surface area contributed by atoms with Gasteiger partial charge in [0, 0.05) is 11.4 Å². The van der Waals surface area contributed by atoms with Crippen molar-refractivity contribution >= 4 is 39.9 Å². The summed E-state index contributed by atoms with van der Waals surface area (Å²) in [5, 5.41) is 22.2. The summed E-state index contributed by atoms with van der Waals surface area (Å²) >= 11 is 2.44. The maximum Gasteiger partial charge on any atom is 0.210 e. The van der Waals surface area contributed by atoms with Crippen LogP contribution in [-0.2, 0) is 4.79 Å². The topological polar surface area (TPSA) is 77.9 Å². The number of nitrogens with zero attached hydrogens (tertiary/aromatic N) is 2. The van der Waals surface area contributed by atoms with E-state index in [1.807, 2.05) is 32.0 Å². The van der Waals surface area contributed by atoms with Gasteiger partial charge in [0.05, 0.1) is 5.97 Å². The highest BCUT2D eigenvalue weighted by molar-refractivity contribution is 8.01. The van der Waals surface area contributed by atoms with Crippen LogP contribution >= 0.6 is 23.1 Å². The lowest BCUT2D eigenvalue weighted by Gasteiger charge is -2.09. The number of hydrogen-bond acceptors (Lipinski definition) is 7. The first-order chi connectivity index (χ1) is 9.06. The minimum absolute atomic E-state index is 0.113. The van der Waals surface area contributed by atoms with E-state index in [9.17, 15) is 9.90 Å². The summed E-state index contributed by atoms with van der Waals surface area (Å²) in [6.07, 6.45) is 0. The predicted octanol–water partition coefficient (Wildman–Crippen LogP) is 1.74. The molecule has 0 unspecified atom stereocenters. The molecule has 5 nitrogen and oxygen atoms in total. The Labute approximate surface area is 119 Å². The maximum atomic E-state index is 10.4. The standard InChI is InChI=1S/C12H13N3O2S2/c1-7-4-3-5-8(2)10(7)13-11-14-15-12(19-11)18-6-9(16)17/h3-5H,6H2,1-2H3,(H,13,14)(H,16,17)/p-1. The number of carbonyl (C=O) groups excluding carboxylic acids is 1. The zero-order chi connectivity index (χ0) is 13.8. The maximum absolute atomic E-state index is 10.4. The number of aromatic nitrogens is 2. The van der Waals surface area contributed by atoms with Crippen molar-refractivity contribution in [2.75, 3.05) is 11.1 Å². The van der Waals surface area contributed by atoms with Crippen molar-refractivity contribution in [2.45, 2.75) is 18.2 Å². The van der Waals surface area contributed by atoms with Gasteiger partial charge in [0.2, 0.25) is 5.13 Å². The Morgan fingerprint density at radius 2 is 2.05 bits per heavy atom. The quantitative estimate of drug-likeness (QED) is 0.846. The third kappa shape index (κ3) is 3.68. The van der Waals surface area contributed by atoms with Gasteiger partial charge in [0.15, 0.2) is 4.34 Å². The number of anilines is 2. The number of para-hydroxylation sites is 1. The van der Waals surface area contributed by atoms with Crippen LogP contribution in [0.25, 0.3) is 0 Å². The molecule has 7 heteroatoms. The van der Waals surface area contributed by atoms with Gasteiger partial charge < -0.3 is 15.2 Å². The third-order valence-electron chi connectivity index (χ3n) is 2.43. The highest BCUT2D eigenvalue weighted by Gasteiger charge is 2.08.